The number of carbonyl (C=O) groups is 10. The van der Waals surface area contributed by atoms with E-state index in [1.807, 2.05) is 47.7 Å². The minimum absolute atomic E-state index is 0. The Bertz CT molecular complexity index is 4340. The third kappa shape index (κ3) is 15.3. The van der Waals surface area contributed by atoms with Gasteiger partial charge < -0.3 is 65.3 Å². The van der Waals surface area contributed by atoms with Gasteiger partial charge in [-0.2, -0.15) is 0 Å². The van der Waals surface area contributed by atoms with Crippen LogP contribution in [0.2, 0.25) is 28.2 Å². The predicted octanol–water partition coefficient (Wildman–Crippen LogP) is 10.9. The second-order valence-corrected chi connectivity index (χ2v) is 33.1. The van der Waals surface area contributed by atoms with Gasteiger partial charge in [-0.05, 0) is 145 Å². The lowest BCUT2D eigenvalue weighted by Crippen LogP contribution is -2.55. The Balaban J connectivity index is 0.0000121. The van der Waals surface area contributed by atoms with Crippen LogP contribution in [0.4, 0.5) is 0 Å². The van der Waals surface area contributed by atoms with E-state index in [1.54, 1.807) is 45.2 Å². The number of nitrogens with zero attached hydrogens (tertiary/aromatic N) is 1. The summed E-state index contributed by atoms with van der Waals surface area (Å²) in [5.41, 5.74) is 7.35. The van der Waals surface area contributed by atoms with Crippen LogP contribution in [-0.2, 0) is 47.6 Å². The number of imide groups is 1. The molecule has 7 N–H and O–H groups in total. The second kappa shape index (κ2) is 29.9. The van der Waals surface area contributed by atoms with Crippen LogP contribution >= 0.6 is 23.2 Å². The van der Waals surface area contributed by atoms with Gasteiger partial charge in [-0.1, -0.05) is 106 Å². The van der Waals surface area contributed by atoms with E-state index in [0.717, 1.165) is 0 Å². The Morgan fingerprint density at radius 2 is 1.31 bits per heavy atom. The fourth-order valence-electron chi connectivity index (χ4n) is 12.8. The van der Waals surface area contributed by atoms with Gasteiger partial charge in [-0.15, -0.1) is 0 Å². The summed E-state index contributed by atoms with van der Waals surface area (Å²) in [5.74, 6) is -13.9. The summed E-state index contributed by atoms with van der Waals surface area (Å²) < 4.78 is 38.6. The minimum Gasteiger partial charge on any atom is -0.496 e. The largest absolute Gasteiger partial charge is 0.496 e. The van der Waals surface area contributed by atoms with Crippen LogP contribution in [0.15, 0.2) is 103 Å². The van der Waals surface area contributed by atoms with E-state index in [-0.39, 0.29) is 96.6 Å². The maximum Gasteiger partial charge on any atom is 0.359 e. The van der Waals surface area contributed by atoms with Crippen molar-refractivity contribution in [1.29, 1.82) is 0 Å². The van der Waals surface area contributed by atoms with E-state index in [9.17, 15) is 19.2 Å². The number of halogens is 2. The molecule has 0 fully saturated rings. The van der Waals surface area contributed by atoms with E-state index < -0.39 is 146 Å². The molecule has 0 unspecified atom stereocenters. The Hall–Kier alpha value is -9.66. The molecule has 6 aromatic rings. The number of hydroxylamine groups is 2. The summed E-state index contributed by atoms with van der Waals surface area (Å²) in [5, 5.41) is 14.2. The van der Waals surface area contributed by atoms with Gasteiger partial charge in [0.1, 0.15) is 41.1 Å². The molecule has 534 valence electrons. The minimum atomic E-state index is -2.97. The van der Waals surface area contributed by atoms with Gasteiger partial charge in [0.2, 0.25) is 35.3 Å². The zero-order valence-corrected chi connectivity index (χ0v) is 60.6. The number of ether oxygens (including phenoxy) is 5. The molecule has 6 heterocycles. The first kappa shape index (κ1) is 74.0. The molecule has 11 bridgehead atoms. The predicted molar refractivity (Wildman–Crippen MR) is 378 cm³/mol. The molecule has 24 nitrogen and oxygen atoms in total. The number of nitrogens with one attached hydrogen (secondary N) is 5. The van der Waals surface area contributed by atoms with E-state index in [1.165, 1.54) is 100 Å². The van der Waals surface area contributed by atoms with Crippen LogP contribution in [0.25, 0.3) is 11.1 Å². The lowest BCUT2D eigenvalue weighted by atomic mass is 9.84. The Morgan fingerprint density at radius 1 is 0.703 bits per heavy atom. The van der Waals surface area contributed by atoms with Gasteiger partial charge in [-0.3, -0.25) is 43.2 Å². The van der Waals surface area contributed by atoms with Crippen molar-refractivity contribution in [3.63, 3.8) is 0 Å². The number of Topliss-reactive ketones (excluding diaryl/α,β-unsaturated/α-hetero) is 2. The number of aryl methyl sites for hydroxylation is 1. The van der Waals surface area contributed by atoms with Gasteiger partial charge in [0, 0.05) is 37.7 Å². The van der Waals surface area contributed by atoms with Crippen molar-refractivity contribution in [3.05, 3.63) is 158 Å². The molecule has 27 heteroatoms. The van der Waals surface area contributed by atoms with Crippen LogP contribution in [0.1, 0.15) is 153 Å². The molecule has 0 aliphatic carbocycles. The number of hydrogen-bond acceptors (Lipinski definition) is 18. The summed E-state index contributed by atoms with van der Waals surface area (Å²) in [6, 6.07) is 17.8. The quantitative estimate of drug-likeness (QED) is 0.0436. The highest BCUT2D eigenvalue weighted by Gasteiger charge is 2.47. The molecule has 0 aromatic heterocycles. The van der Waals surface area contributed by atoms with Gasteiger partial charge in [0.15, 0.2) is 37.4 Å². The monoisotopic (exact) mass is 1440 g/mol. The molecule has 6 aromatic carbocycles. The Morgan fingerprint density at radius 3 is 1.87 bits per heavy atom. The van der Waals surface area contributed by atoms with Gasteiger partial charge in [-0.25, -0.2) is 4.79 Å². The number of likely N-dealkylation sites (N-methyl/N-ethyl adjacent to an activating group) is 1. The zero-order valence-electron chi connectivity index (χ0n) is 58.1. The summed E-state index contributed by atoms with van der Waals surface area (Å²) in [7, 11) is 2.70. The lowest BCUT2D eigenvalue weighted by Gasteiger charge is -2.42. The molecule has 0 saturated heterocycles. The van der Waals surface area contributed by atoms with E-state index in [0.29, 0.717) is 28.2 Å². The summed E-state index contributed by atoms with van der Waals surface area (Å²) in [4.78, 5) is 156. The standard InChI is InChI=1S/C74H81Cl2N7O17Si.H2/c1-35(2)24-50(78-8)69(89)82-64-51(84)30-42(33-59(77)86)67(87)80-62-41-31-57(66(96-11)58(32-41)98-55-23-20-40(29-49(55)76)65(64)100-101(12,13)74(5,6)7)97-54-22-18-38(28-48(54)75)37(4)61-70(90)81-63(73(93)99-83-71(91)43-16-14-15-17-44(43)72(83)92)47-25-36(3)26-56(95-10)60(47)46-27-39(19-21-53(46)94-9)45(34-52(62)85)68(88)79-61;/h14-23,25-29,31-32,35,37,42,45,50,61-65,78H,24,30,33-34H2,1-13H3,(H2,77,86)(H,79,88)(H,80,87)(H,81,90)(H,82,89);1H/t37-,42+,45-,50+,61+,62-,63-,64+,65-;/m1./s1. The number of methoxy groups -OCH3 is 3. The van der Waals surface area contributed by atoms with E-state index in [4.69, 9.17) is 61.9 Å². The molecular formula is C74H83Cl2N7O17Si. The number of hydrogen-bond donors (Lipinski definition) is 6. The maximum absolute atomic E-state index is 16.3. The SMILES string of the molecule is CN[C@@H](CC(C)C)C(=O)N[C@H]1C(=O)C[C@@H](CC(N)=O)C(=O)N[C@H]2C(=O)C[C@H]3C(=O)N[C@H](C(=O)N[C@@H](C(=O)ON4C(=O)c5ccccc5C4=O)c4cc(C)cc(OC)c4-c4cc3ccc4OC)[C@H](C)c3ccc(c(Cl)c3)Oc3cc2cc(c3OC)Oc2ccc(cc2Cl)[C@H]1O[Si](C)(C)C(C)(C)C.[HH]. The van der Waals surface area contributed by atoms with Crippen LogP contribution in [-0.4, -0.2) is 119 Å². The number of primary amides is 1. The second-order valence-electron chi connectivity index (χ2n) is 27.6. The number of rotatable bonds is 14. The average molecular weight is 1440 g/mol. The summed E-state index contributed by atoms with van der Waals surface area (Å²) in [6.45, 7) is 17.1. The lowest BCUT2D eigenvalue weighted by molar-refractivity contribution is -0.172. The van der Waals surface area contributed by atoms with Crippen molar-refractivity contribution in [2.45, 2.75) is 140 Å². The van der Waals surface area contributed by atoms with E-state index in [2.05, 4.69) is 26.6 Å². The van der Waals surface area contributed by atoms with Gasteiger partial charge >= 0.3 is 5.97 Å². The number of nitrogens with two attached hydrogens (primary N) is 1. The van der Waals surface area contributed by atoms with Crippen molar-refractivity contribution < 1.29 is 82.3 Å². The summed E-state index contributed by atoms with van der Waals surface area (Å²) in [6.07, 6.45) is -3.24. The molecule has 12 rings (SSSR count). The molecule has 0 radical (unpaired) electrons. The fourth-order valence-corrected chi connectivity index (χ4v) is 14.5. The molecule has 6 aliphatic rings. The van der Waals surface area contributed by atoms with Gasteiger partial charge in [0.05, 0.1) is 66.5 Å². The third-order valence-electron chi connectivity index (χ3n) is 19.2. The number of fused-ring (bicyclic) bond motifs is 16. The van der Waals surface area contributed by atoms with Crippen LogP contribution in [0, 0.1) is 18.8 Å². The average Bonchev–Trinajstić information content (AvgIpc) is 1.12. The van der Waals surface area contributed by atoms with E-state index >= 15 is 28.8 Å². The van der Waals surface area contributed by atoms with Crippen molar-refractivity contribution in [2.75, 3.05) is 28.4 Å². The molecule has 7 amide bonds. The molecule has 0 spiro atoms. The molecule has 101 heavy (non-hydrogen) atoms. The van der Waals surface area contributed by atoms with Crippen molar-refractivity contribution in [1.82, 2.24) is 31.6 Å². The Kier molecular flexibility index (Phi) is 21.9. The van der Waals surface area contributed by atoms with Crippen molar-refractivity contribution in [3.8, 4) is 51.4 Å². The molecule has 6 aliphatic heterocycles. The number of benzene rings is 6. The normalized spacial score (nSPS) is 21.2. The molecule has 9 atom stereocenters. The van der Waals surface area contributed by atoms with Crippen LogP contribution in [0.3, 0.4) is 0 Å². The highest BCUT2D eigenvalue weighted by atomic mass is 35.5. The maximum atomic E-state index is 16.3. The first-order valence-corrected chi connectivity index (χ1v) is 36.6. The first-order chi connectivity index (χ1) is 47.8. The molecular weight excluding hydrogens is 1360 g/mol. The molecule has 0 saturated carbocycles. The first-order valence-electron chi connectivity index (χ1n) is 32.9. The van der Waals surface area contributed by atoms with Crippen LogP contribution in [0.5, 0.6) is 40.2 Å². The number of amides is 7. The van der Waals surface area contributed by atoms with Crippen molar-refractivity contribution in [2.24, 2.45) is 17.6 Å². The topological polar surface area (TPSA) is 325 Å². The van der Waals surface area contributed by atoms with Crippen molar-refractivity contribution >= 4 is 90.4 Å². The number of ketones is 2. The number of carbonyl (C=O) groups excluding carboxylic acids is 10. The Labute approximate surface area is 596 Å². The van der Waals surface area contributed by atoms with Gasteiger partial charge in [0.25, 0.3) is 11.8 Å². The highest BCUT2D eigenvalue weighted by Crippen LogP contribution is 2.50. The summed E-state index contributed by atoms with van der Waals surface area (Å²) >= 11 is 14.5. The highest BCUT2D eigenvalue weighted by molar-refractivity contribution is 6.74. The third-order valence-corrected chi connectivity index (χ3v) is 24.2. The zero-order chi connectivity index (χ0) is 73.4. The van der Waals surface area contributed by atoms with Crippen LogP contribution < -0.4 is 56.0 Å². The fraction of sp³-hybridized carbons (Fsp3) is 0.378. The smallest absolute Gasteiger partial charge is 0.359 e.